The van der Waals surface area contributed by atoms with Crippen molar-refractivity contribution in [2.24, 2.45) is 11.7 Å². The molecule has 3 N–H and O–H groups in total. The summed E-state index contributed by atoms with van der Waals surface area (Å²) in [5, 5.41) is 3.12. The molecule has 5 heteroatoms. The molecule has 0 aromatic carbocycles. The standard InChI is InChI=1S/C11H17FN4/c12-9-6-15-11(16-7-9)14-5-8-2-1-3-10(13)4-8/h6-8,10H,1-5,13H2,(H,14,15,16). The molecule has 0 radical (unpaired) electrons. The summed E-state index contributed by atoms with van der Waals surface area (Å²) in [5.74, 6) is 0.656. The van der Waals surface area contributed by atoms with E-state index in [2.05, 4.69) is 15.3 Å². The highest BCUT2D eigenvalue weighted by Gasteiger charge is 2.18. The number of halogens is 1. The van der Waals surface area contributed by atoms with Crippen molar-refractivity contribution in [1.29, 1.82) is 0 Å². The number of anilines is 1. The first-order valence-electron chi connectivity index (χ1n) is 5.71. The third kappa shape index (κ3) is 3.13. The van der Waals surface area contributed by atoms with E-state index in [0.717, 1.165) is 19.4 Å². The molecular weight excluding hydrogens is 207 g/mol. The van der Waals surface area contributed by atoms with Gasteiger partial charge < -0.3 is 11.1 Å². The van der Waals surface area contributed by atoms with Gasteiger partial charge in [0.05, 0.1) is 12.4 Å². The van der Waals surface area contributed by atoms with Crippen LogP contribution >= 0.6 is 0 Å². The van der Waals surface area contributed by atoms with E-state index >= 15 is 0 Å². The van der Waals surface area contributed by atoms with Gasteiger partial charge in [0.2, 0.25) is 5.95 Å². The first-order chi connectivity index (χ1) is 7.74. The Morgan fingerprint density at radius 2 is 2.12 bits per heavy atom. The number of hydrogen-bond donors (Lipinski definition) is 2. The minimum atomic E-state index is -0.412. The van der Waals surface area contributed by atoms with Crippen LogP contribution in [0.1, 0.15) is 25.7 Å². The second-order valence-corrected chi connectivity index (χ2v) is 4.40. The van der Waals surface area contributed by atoms with Crippen LogP contribution in [0.4, 0.5) is 10.3 Å². The fourth-order valence-electron chi connectivity index (χ4n) is 2.16. The van der Waals surface area contributed by atoms with Crippen LogP contribution in [0.15, 0.2) is 12.4 Å². The van der Waals surface area contributed by atoms with Crippen LogP contribution in [0.3, 0.4) is 0 Å². The van der Waals surface area contributed by atoms with Crippen molar-refractivity contribution in [3.05, 3.63) is 18.2 Å². The normalized spacial score (nSPS) is 25.4. The van der Waals surface area contributed by atoms with E-state index < -0.39 is 5.82 Å². The Bertz CT molecular complexity index is 327. The number of nitrogens with one attached hydrogen (secondary N) is 1. The summed E-state index contributed by atoms with van der Waals surface area (Å²) in [4.78, 5) is 7.71. The van der Waals surface area contributed by atoms with Gasteiger partial charge in [-0.05, 0) is 25.2 Å². The van der Waals surface area contributed by atoms with Gasteiger partial charge in [0.25, 0.3) is 0 Å². The Hall–Kier alpha value is -1.23. The lowest BCUT2D eigenvalue weighted by Crippen LogP contribution is -2.31. The molecule has 88 valence electrons. The molecule has 1 saturated carbocycles. The Balaban J connectivity index is 1.80. The third-order valence-electron chi connectivity index (χ3n) is 2.99. The van der Waals surface area contributed by atoms with E-state index in [1.54, 1.807) is 0 Å². The predicted octanol–water partition coefficient (Wildman–Crippen LogP) is 1.55. The molecule has 1 aromatic heterocycles. The van der Waals surface area contributed by atoms with Gasteiger partial charge in [0.15, 0.2) is 5.82 Å². The number of rotatable bonds is 3. The molecular formula is C11H17FN4. The molecule has 1 heterocycles. The minimum Gasteiger partial charge on any atom is -0.354 e. The first-order valence-corrected chi connectivity index (χ1v) is 5.71. The van der Waals surface area contributed by atoms with Crippen LogP contribution in [0.2, 0.25) is 0 Å². The van der Waals surface area contributed by atoms with Crippen molar-refractivity contribution in [3.8, 4) is 0 Å². The number of nitrogens with two attached hydrogens (primary N) is 1. The van der Waals surface area contributed by atoms with E-state index in [1.165, 1.54) is 25.2 Å². The summed E-state index contributed by atoms with van der Waals surface area (Å²) in [6.07, 6.45) is 6.90. The molecule has 0 bridgehead atoms. The molecule has 16 heavy (non-hydrogen) atoms. The maximum absolute atomic E-state index is 12.6. The maximum atomic E-state index is 12.6. The van der Waals surface area contributed by atoms with Gasteiger partial charge in [0, 0.05) is 12.6 Å². The SMILES string of the molecule is NC1CCCC(CNc2ncc(F)cn2)C1. The van der Waals surface area contributed by atoms with Gasteiger partial charge in [-0.1, -0.05) is 6.42 Å². The summed E-state index contributed by atoms with van der Waals surface area (Å²) in [6.45, 7) is 0.819. The van der Waals surface area contributed by atoms with Crippen molar-refractivity contribution in [3.63, 3.8) is 0 Å². The smallest absolute Gasteiger partial charge is 0.222 e. The number of nitrogens with zero attached hydrogens (tertiary/aromatic N) is 2. The molecule has 0 aliphatic heterocycles. The zero-order valence-electron chi connectivity index (χ0n) is 9.19. The van der Waals surface area contributed by atoms with Crippen molar-refractivity contribution < 1.29 is 4.39 Å². The van der Waals surface area contributed by atoms with Crippen LogP contribution < -0.4 is 11.1 Å². The quantitative estimate of drug-likeness (QED) is 0.817. The van der Waals surface area contributed by atoms with Gasteiger partial charge >= 0.3 is 0 Å². The van der Waals surface area contributed by atoms with Crippen LogP contribution in [0, 0.1) is 11.7 Å². The molecule has 1 aliphatic rings. The molecule has 0 spiro atoms. The average Bonchev–Trinajstić information content (AvgIpc) is 2.28. The Kier molecular flexibility index (Phi) is 3.66. The number of aromatic nitrogens is 2. The molecule has 2 unspecified atom stereocenters. The fraction of sp³-hybridized carbons (Fsp3) is 0.636. The highest BCUT2D eigenvalue weighted by atomic mass is 19.1. The average molecular weight is 224 g/mol. The Labute approximate surface area is 94.5 Å². The summed E-state index contributed by atoms with van der Waals surface area (Å²) >= 11 is 0. The fourth-order valence-corrected chi connectivity index (χ4v) is 2.16. The lowest BCUT2D eigenvalue weighted by Gasteiger charge is -2.26. The van der Waals surface area contributed by atoms with E-state index in [1.807, 2.05) is 0 Å². The van der Waals surface area contributed by atoms with Gasteiger partial charge in [-0.3, -0.25) is 0 Å². The molecule has 0 amide bonds. The molecule has 0 saturated heterocycles. The van der Waals surface area contributed by atoms with E-state index in [0.29, 0.717) is 17.9 Å². The van der Waals surface area contributed by atoms with Gasteiger partial charge in [-0.25, -0.2) is 14.4 Å². The highest BCUT2D eigenvalue weighted by molar-refractivity contribution is 5.22. The minimum absolute atomic E-state index is 0.328. The van der Waals surface area contributed by atoms with Crippen LogP contribution in [-0.2, 0) is 0 Å². The van der Waals surface area contributed by atoms with Crippen molar-refractivity contribution in [2.75, 3.05) is 11.9 Å². The van der Waals surface area contributed by atoms with Crippen LogP contribution in [0.5, 0.6) is 0 Å². The maximum Gasteiger partial charge on any atom is 0.222 e. The largest absolute Gasteiger partial charge is 0.354 e. The van der Waals surface area contributed by atoms with E-state index in [4.69, 9.17) is 5.73 Å². The lowest BCUT2D eigenvalue weighted by atomic mass is 9.86. The highest BCUT2D eigenvalue weighted by Crippen LogP contribution is 2.22. The topological polar surface area (TPSA) is 63.8 Å². The summed E-state index contributed by atoms with van der Waals surface area (Å²) in [7, 11) is 0. The summed E-state index contributed by atoms with van der Waals surface area (Å²) in [6, 6.07) is 0.328. The molecule has 2 rings (SSSR count). The van der Waals surface area contributed by atoms with Gasteiger partial charge in [0.1, 0.15) is 0 Å². The third-order valence-corrected chi connectivity index (χ3v) is 2.99. The van der Waals surface area contributed by atoms with Gasteiger partial charge in [-0.15, -0.1) is 0 Å². The van der Waals surface area contributed by atoms with Crippen LogP contribution in [0.25, 0.3) is 0 Å². The second kappa shape index (κ2) is 5.21. The Morgan fingerprint density at radius 1 is 1.38 bits per heavy atom. The molecule has 1 fully saturated rings. The molecule has 2 atom stereocenters. The monoisotopic (exact) mass is 224 g/mol. The first kappa shape index (κ1) is 11.3. The van der Waals surface area contributed by atoms with Gasteiger partial charge in [-0.2, -0.15) is 0 Å². The van der Waals surface area contributed by atoms with Crippen molar-refractivity contribution in [2.45, 2.75) is 31.7 Å². The van der Waals surface area contributed by atoms with E-state index in [-0.39, 0.29) is 0 Å². The van der Waals surface area contributed by atoms with E-state index in [9.17, 15) is 4.39 Å². The van der Waals surface area contributed by atoms with Crippen molar-refractivity contribution in [1.82, 2.24) is 9.97 Å². The molecule has 4 nitrogen and oxygen atoms in total. The molecule has 1 aliphatic carbocycles. The predicted molar refractivity (Wildman–Crippen MR) is 60.4 cm³/mol. The lowest BCUT2D eigenvalue weighted by molar-refractivity contribution is 0.334. The zero-order chi connectivity index (χ0) is 11.4. The van der Waals surface area contributed by atoms with Crippen LogP contribution in [-0.4, -0.2) is 22.6 Å². The summed E-state index contributed by atoms with van der Waals surface area (Å²) in [5.41, 5.74) is 5.91. The zero-order valence-corrected chi connectivity index (χ0v) is 9.19. The molecule has 1 aromatic rings. The Morgan fingerprint density at radius 3 is 2.81 bits per heavy atom. The summed E-state index contributed by atoms with van der Waals surface area (Å²) < 4.78 is 12.6. The second-order valence-electron chi connectivity index (χ2n) is 4.40. The van der Waals surface area contributed by atoms with Crippen molar-refractivity contribution >= 4 is 5.95 Å². The number of hydrogen-bond acceptors (Lipinski definition) is 4.